The van der Waals surface area contributed by atoms with E-state index < -0.39 is 0 Å². The van der Waals surface area contributed by atoms with Crippen LogP contribution in [-0.4, -0.2) is 5.91 Å². The van der Waals surface area contributed by atoms with Gasteiger partial charge in [-0.05, 0) is 61.3 Å². The number of nitrogens with two attached hydrogens (primary N) is 1. The molecule has 5 unspecified atom stereocenters. The van der Waals surface area contributed by atoms with Gasteiger partial charge in [0.15, 0.2) is 0 Å². The van der Waals surface area contributed by atoms with Gasteiger partial charge in [-0.25, -0.2) is 0 Å². The highest BCUT2D eigenvalue weighted by Gasteiger charge is 2.80. The average molecular weight is 309 g/mol. The molecule has 122 valence electrons. The molecule has 1 aromatic rings. The zero-order valence-corrected chi connectivity index (χ0v) is 13.8. The first kappa shape index (κ1) is 13.8. The van der Waals surface area contributed by atoms with Crippen LogP contribution in [0.1, 0.15) is 52.4 Å². The summed E-state index contributed by atoms with van der Waals surface area (Å²) in [6, 6.07) is 11.0. The van der Waals surface area contributed by atoms with Crippen LogP contribution in [0.2, 0.25) is 0 Å². The van der Waals surface area contributed by atoms with E-state index in [0.29, 0.717) is 17.3 Å². The quantitative estimate of drug-likeness (QED) is 0.835. The molecule has 4 aliphatic carbocycles. The second-order valence-corrected chi connectivity index (χ2v) is 8.58. The van der Waals surface area contributed by atoms with Gasteiger partial charge in [-0.1, -0.05) is 48.9 Å². The summed E-state index contributed by atoms with van der Waals surface area (Å²) in [5, 5.41) is 0. The molecule has 0 heterocycles. The molecule has 0 saturated heterocycles. The predicted octanol–water partition coefficient (Wildman–Crippen LogP) is 4.20. The number of carbonyl (C=O) groups is 1. The Hall–Kier alpha value is -1.57. The molecular weight excluding hydrogens is 282 g/mol. The molecule has 2 nitrogen and oxygen atoms in total. The molecule has 2 N–H and O–H groups in total. The molecular formula is C21H27NO. The third-order valence-electron chi connectivity index (χ3n) is 7.88. The monoisotopic (exact) mass is 309 g/mol. The minimum Gasteiger partial charge on any atom is -0.369 e. The molecule has 0 aliphatic heterocycles. The van der Waals surface area contributed by atoms with Crippen molar-refractivity contribution in [2.45, 2.75) is 50.9 Å². The molecule has 5 atom stereocenters. The van der Waals surface area contributed by atoms with Crippen molar-refractivity contribution in [3.05, 3.63) is 47.5 Å². The third-order valence-corrected chi connectivity index (χ3v) is 7.88. The van der Waals surface area contributed by atoms with Crippen molar-refractivity contribution in [3.8, 4) is 0 Å². The van der Waals surface area contributed by atoms with Crippen LogP contribution in [0.4, 0.5) is 0 Å². The molecule has 0 radical (unpaired) electrons. The van der Waals surface area contributed by atoms with Crippen LogP contribution in [0.3, 0.4) is 0 Å². The van der Waals surface area contributed by atoms with Crippen molar-refractivity contribution in [1.29, 1.82) is 0 Å². The van der Waals surface area contributed by atoms with Gasteiger partial charge in [-0.15, -0.1) is 0 Å². The molecule has 1 amide bonds. The summed E-state index contributed by atoms with van der Waals surface area (Å²) < 4.78 is 0. The summed E-state index contributed by atoms with van der Waals surface area (Å²) in [6.07, 6.45) is 9.12. The van der Waals surface area contributed by atoms with Gasteiger partial charge >= 0.3 is 0 Å². The molecule has 23 heavy (non-hydrogen) atoms. The number of fused-ring (bicyclic) bond motifs is 2. The van der Waals surface area contributed by atoms with Crippen LogP contribution in [0.15, 0.2) is 42.0 Å². The molecule has 3 bridgehead atoms. The number of hydrogen-bond acceptors (Lipinski definition) is 1. The van der Waals surface area contributed by atoms with E-state index in [1.54, 1.807) is 5.57 Å². The molecule has 4 saturated carbocycles. The van der Waals surface area contributed by atoms with Crippen molar-refractivity contribution in [2.24, 2.45) is 28.4 Å². The van der Waals surface area contributed by atoms with Crippen LogP contribution < -0.4 is 5.73 Å². The molecule has 1 aromatic carbocycles. The van der Waals surface area contributed by atoms with Crippen molar-refractivity contribution in [1.82, 2.24) is 0 Å². The SMILES string of the molecule is CC/C=C1/C2CC3(C(N)=O)CC4(c5ccccc5)CC1C4(C2)C3.[HH]. The number of hydrogen-bond donors (Lipinski definition) is 1. The van der Waals surface area contributed by atoms with Crippen molar-refractivity contribution < 1.29 is 6.22 Å². The van der Waals surface area contributed by atoms with Gasteiger partial charge in [0, 0.05) is 6.84 Å². The number of primary amides is 1. The van der Waals surface area contributed by atoms with Gasteiger partial charge in [-0.2, -0.15) is 0 Å². The summed E-state index contributed by atoms with van der Waals surface area (Å²) in [4.78, 5) is 12.5. The first-order chi connectivity index (χ1) is 11.1. The Morgan fingerprint density at radius 3 is 2.74 bits per heavy atom. The highest BCUT2D eigenvalue weighted by atomic mass is 16.1. The van der Waals surface area contributed by atoms with Gasteiger partial charge in [0.1, 0.15) is 0 Å². The maximum Gasteiger partial charge on any atom is 0.223 e. The topological polar surface area (TPSA) is 43.1 Å². The lowest BCUT2D eigenvalue weighted by molar-refractivity contribution is -0.129. The Labute approximate surface area is 139 Å². The lowest BCUT2D eigenvalue weighted by Gasteiger charge is -2.59. The number of rotatable bonds is 3. The van der Waals surface area contributed by atoms with E-state index in [2.05, 4.69) is 43.3 Å². The van der Waals surface area contributed by atoms with E-state index in [9.17, 15) is 4.79 Å². The van der Waals surface area contributed by atoms with E-state index in [1.807, 2.05) is 0 Å². The average Bonchev–Trinajstić information content (AvgIpc) is 2.82. The van der Waals surface area contributed by atoms with Gasteiger partial charge in [0.25, 0.3) is 0 Å². The Morgan fingerprint density at radius 1 is 1.26 bits per heavy atom. The fourth-order valence-corrected chi connectivity index (χ4v) is 7.31. The summed E-state index contributed by atoms with van der Waals surface area (Å²) in [6.45, 7) is 2.23. The molecule has 4 fully saturated rings. The van der Waals surface area contributed by atoms with E-state index in [1.165, 1.54) is 18.4 Å². The second-order valence-electron chi connectivity index (χ2n) is 8.58. The Bertz CT molecular complexity index is 729. The normalized spacial score (nSPS) is 47.6. The first-order valence-electron chi connectivity index (χ1n) is 9.12. The van der Waals surface area contributed by atoms with Crippen LogP contribution in [0.5, 0.6) is 0 Å². The Morgan fingerprint density at radius 2 is 2.04 bits per heavy atom. The zero-order valence-electron chi connectivity index (χ0n) is 13.8. The van der Waals surface area contributed by atoms with E-state index in [0.717, 1.165) is 25.7 Å². The van der Waals surface area contributed by atoms with Gasteiger partial charge < -0.3 is 5.73 Å². The van der Waals surface area contributed by atoms with E-state index >= 15 is 0 Å². The number of allylic oxidation sites excluding steroid dienone is 2. The summed E-state index contributed by atoms with van der Waals surface area (Å²) >= 11 is 0. The highest BCUT2D eigenvalue weighted by molar-refractivity contribution is 5.83. The highest BCUT2D eigenvalue weighted by Crippen LogP contribution is 2.85. The fourth-order valence-electron chi connectivity index (χ4n) is 7.31. The summed E-state index contributed by atoms with van der Waals surface area (Å²) in [5.74, 6) is 1.27. The Kier molecular flexibility index (Phi) is 2.46. The molecule has 2 heteroatoms. The number of carbonyl (C=O) groups excluding carboxylic acids is 1. The minimum absolute atomic E-state index is 0. The maximum absolute atomic E-state index is 12.5. The van der Waals surface area contributed by atoms with Crippen molar-refractivity contribution >= 4 is 5.91 Å². The van der Waals surface area contributed by atoms with E-state index in [-0.39, 0.29) is 18.2 Å². The predicted molar refractivity (Wildman–Crippen MR) is 92.7 cm³/mol. The van der Waals surface area contributed by atoms with Gasteiger partial charge in [0.05, 0.1) is 5.41 Å². The molecule has 1 spiro atoms. The minimum atomic E-state index is -0.253. The first-order valence-corrected chi connectivity index (χ1v) is 9.12. The lowest BCUT2D eigenvalue weighted by atomic mass is 9.44. The molecule has 0 aromatic heterocycles. The largest absolute Gasteiger partial charge is 0.369 e. The summed E-state index contributed by atoms with van der Waals surface area (Å²) in [5.41, 5.74) is 9.35. The second kappa shape index (κ2) is 4.09. The van der Waals surface area contributed by atoms with Crippen LogP contribution in [0.25, 0.3) is 0 Å². The summed E-state index contributed by atoms with van der Waals surface area (Å²) in [7, 11) is 0. The van der Waals surface area contributed by atoms with Crippen LogP contribution in [-0.2, 0) is 10.2 Å². The van der Waals surface area contributed by atoms with Crippen molar-refractivity contribution in [3.63, 3.8) is 0 Å². The van der Waals surface area contributed by atoms with E-state index in [4.69, 9.17) is 5.73 Å². The van der Waals surface area contributed by atoms with Crippen LogP contribution in [0, 0.1) is 22.7 Å². The zero-order chi connectivity index (χ0) is 15.9. The lowest BCUT2D eigenvalue weighted by Crippen LogP contribution is -2.55. The van der Waals surface area contributed by atoms with Gasteiger partial charge in [0.2, 0.25) is 5.91 Å². The van der Waals surface area contributed by atoms with Crippen molar-refractivity contribution in [2.75, 3.05) is 0 Å². The molecule has 4 aliphatic rings. The fraction of sp³-hybridized carbons (Fsp3) is 0.571. The maximum atomic E-state index is 12.5. The Balaban J connectivity index is 0.00000146. The van der Waals surface area contributed by atoms with Gasteiger partial charge in [-0.3, -0.25) is 4.79 Å². The smallest absolute Gasteiger partial charge is 0.223 e. The number of benzene rings is 1. The third kappa shape index (κ3) is 1.36. The number of amides is 1. The van der Waals surface area contributed by atoms with Crippen LogP contribution >= 0.6 is 0 Å². The molecule has 5 rings (SSSR count). The standard InChI is InChI=1S/C21H25NO.H2/c1-2-6-16-14-9-19(18(22)23)12-20(15-7-4-3-5-8-15)11-17(16)21(20,10-14)13-19;/h3-8,14,17H,2,9-13H2,1H3,(H2,22,23);1H/b16-6-;.